The van der Waals surface area contributed by atoms with Crippen LogP contribution in [0.25, 0.3) is 0 Å². The third-order valence-electron chi connectivity index (χ3n) is 4.57. The van der Waals surface area contributed by atoms with E-state index in [1.165, 1.54) is 12.1 Å². The van der Waals surface area contributed by atoms with Gasteiger partial charge in [-0.1, -0.05) is 0 Å². The number of benzene rings is 1. The Labute approximate surface area is 167 Å². The van der Waals surface area contributed by atoms with E-state index in [9.17, 15) is 26.7 Å². The van der Waals surface area contributed by atoms with Crippen LogP contribution in [0.4, 0.5) is 27.6 Å². The van der Waals surface area contributed by atoms with Gasteiger partial charge in [-0.3, -0.25) is 0 Å². The van der Waals surface area contributed by atoms with Crippen molar-refractivity contribution in [2.24, 2.45) is 0 Å². The molecule has 0 spiro atoms. The minimum Gasteiger partial charge on any atom is -0.487 e. The Morgan fingerprint density at radius 2 is 1.90 bits per heavy atom. The Bertz CT molecular complexity index is 859. The highest BCUT2D eigenvalue weighted by atomic mass is 19.4. The van der Waals surface area contributed by atoms with Gasteiger partial charge in [-0.15, -0.1) is 0 Å². The Hall–Kier alpha value is -2.95. The number of hydrogen-bond acceptors (Lipinski definition) is 5. The molecule has 6 nitrogen and oxygen atoms in total. The van der Waals surface area contributed by atoms with Crippen LogP contribution in [0.2, 0.25) is 0 Å². The van der Waals surface area contributed by atoms with E-state index in [0.29, 0.717) is 5.69 Å². The highest BCUT2D eigenvalue weighted by molar-refractivity contribution is 5.88. The number of alkyl halides is 5. The first-order valence-corrected chi connectivity index (χ1v) is 8.83. The second-order valence-electron chi connectivity index (χ2n) is 6.60. The van der Waals surface area contributed by atoms with Crippen LogP contribution in [0.5, 0.6) is 5.75 Å². The normalized spacial score (nSPS) is 19.3. The molecule has 1 aromatic carbocycles. The fourth-order valence-electron chi connectivity index (χ4n) is 3.22. The van der Waals surface area contributed by atoms with E-state index in [1.54, 1.807) is 17.0 Å². The highest BCUT2D eigenvalue weighted by Crippen LogP contribution is 2.31. The quantitative estimate of drug-likeness (QED) is 0.666. The molecule has 0 bridgehead atoms. The molecule has 0 unspecified atom stereocenters. The topological polar surface area (TPSA) is 71.9 Å². The summed E-state index contributed by atoms with van der Waals surface area (Å²) in [6.07, 6.45) is -3.86. The van der Waals surface area contributed by atoms with Gasteiger partial charge in [0.05, 0.1) is 31.0 Å². The Balaban J connectivity index is 1.73. The van der Waals surface area contributed by atoms with Crippen LogP contribution in [0.3, 0.4) is 0 Å². The summed E-state index contributed by atoms with van der Waals surface area (Å²) >= 11 is 0. The van der Waals surface area contributed by atoms with Gasteiger partial charge in [-0.25, -0.2) is 9.78 Å². The third-order valence-corrected chi connectivity index (χ3v) is 4.57. The zero-order valence-corrected chi connectivity index (χ0v) is 15.4. The van der Waals surface area contributed by atoms with Crippen molar-refractivity contribution in [3.05, 3.63) is 53.9 Å². The van der Waals surface area contributed by atoms with Gasteiger partial charge in [0.15, 0.2) is 0 Å². The number of hydrogen-bond donors (Lipinski definition) is 1. The minimum atomic E-state index is -4.57. The van der Waals surface area contributed by atoms with E-state index >= 15 is 0 Å². The van der Waals surface area contributed by atoms with Crippen LogP contribution in [0, 0.1) is 0 Å². The number of anilines is 1. The number of halogens is 5. The molecule has 2 atom stereocenters. The molecule has 1 aliphatic rings. The lowest BCUT2D eigenvalue weighted by Crippen LogP contribution is -2.34. The summed E-state index contributed by atoms with van der Waals surface area (Å²) in [5.74, 6) is -0.985. The number of carboxylic acids is 1. The minimum absolute atomic E-state index is 0.0713. The van der Waals surface area contributed by atoms with E-state index < -0.39 is 36.6 Å². The predicted octanol–water partition coefficient (Wildman–Crippen LogP) is 4.06. The number of aromatic nitrogens is 1. The van der Waals surface area contributed by atoms with Crippen molar-refractivity contribution in [2.45, 2.75) is 31.4 Å². The van der Waals surface area contributed by atoms with Gasteiger partial charge < -0.3 is 19.5 Å². The van der Waals surface area contributed by atoms with Gasteiger partial charge >= 0.3 is 18.8 Å². The number of ether oxygens (including phenoxy) is 2. The SMILES string of the molecule is O=C(O)c1ccc(N2C[C@@H](Oc3ccc(C(F)(F)F)nc3)C[C@H]2COC(F)F)cc1. The first kappa shape index (κ1) is 21.8. The molecule has 1 fully saturated rings. The van der Waals surface area contributed by atoms with E-state index in [2.05, 4.69) is 9.72 Å². The molecule has 30 heavy (non-hydrogen) atoms. The first-order valence-electron chi connectivity index (χ1n) is 8.83. The van der Waals surface area contributed by atoms with Crippen molar-refractivity contribution < 1.29 is 41.3 Å². The van der Waals surface area contributed by atoms with Crippen LogP contribution in [0.1, 0.15) is 22.5 Å². The standard InChI is InChI=1S/C19H17F5N2O4/c20-18(21)29-10-13-7-15(30-14-5-6-16(25-8-14)19(22,23)24)9-26(13)12-3-1-11(2-4-12)17(27)28/h1-6,8,13,15,18H,7,9-10H2,(H,27,28)/t13-,15-/m0/s1. The molecule has 2 heterocycles. The van der Waals surface area contributed by atoms with E-state index in [-0.39, 0.29) is 30.9 Å². The molecule has 1 saturated heterocycles. The maximum absolute atomic E-state index is 12.6. The molecule has 2 aromatic rings. The van der Waals surface area contributed by atoms with Crippen LogP contribution in [-0.4, -0.2) is 48.0 Å². The number of aromatic carboxylic acids is 1. The fourth-order valence-corrected chi connectivity index (χ4v) is 3.22. The Morgan fingerprint density at radius 1 is 1.20 bits per heavy atom. The van der Waals surface area contributed by atoms with Crippen LogP contribution in [-0.2, 0) is 10.9 Å². The van der Waals surface area contributed by atoms with Crippen molar-refractivity contribution >= 4 is 11.7 Å². The van der Waals surface area contributed by atoms with Crippen molar-refractivity contribution in [2.75, 3.05) is 18.1 Å². The number of rotatable bonds is 7. The van der Waals surface area contributed by atoms with Gasteiger partial charge in [0.1, 0.15) is 17.5 Å². The van der Waals surface area contributed by atoms with Crippen molar-refractivity contribution in [3.63, 3.8) is 0 Å². The summed E-state index contributed by atoms with van der Waals surface area (Å²) < 4.78 is 73.0. The van der Waals surface area contributed by atoms with Crippen molar-refractivity contribution in [1.29, 1.82) is 0 Å². The lowest BCUT2D eigenvalue weighted by atomic mass is 10.1. The average molecular weight is 432 g/mol. The molecule has 3 rings (SSSR count). The molecule has 11 heteroatoms. The molecular weight excluding hydrogens is 415 g/mol. The molecule has 0 saturated carbocycles. The molecule has 1 aromatic heterocycles. The van der Waals surface area contributed by atoms with Crippen molar-refractivity contribution in [3.8, 4) is 5.75 Å². The molecule has 1 aliphatic heterocycles. The van der Waals surface area contributed by atoms with Crippen LogP contribution >= 0.6 is 0 Å². The molecule has 0 radical (unpaired) electrons. The second kappa shape index (κ2) is 8.82. The summed E-state index contributed by atoms with van der Waals surface area (Å²) in [4.78, 5) is 16.1. The number of carboxylic acid groups (broad SMARTS) is 1. The average Bonchev–Trinajstić information content (AvgIpc) is 3.08. The Kier molecular flexibility index (Phi) is 6.40. The fraction of sp³-hybridized carbons (Fsp3) is 0.368. The summed E-state index contributed by atoms with van der Waals surface area (Å²) in [6, 6.07) is 7.30. The maximum Gasteiger partial charge on any atom is 0.433 e. The van der Waals surface area contributed by atoms with Gasteiger partial charge in [0, 0.05) is 12.1 Å². The lowest BCUT2D eigenvalue weighted by Gasteiger charge is -2.26. The number of pyridine rings is 1. The molecule has 0 amide bonds. The molecular formula is C19H17F5N2O4. The summed E-state index contributed by atoms with van der Waals surface area (Å²) in [7, 11) is 0. The van der Waals surface area contributed by atoms with Crippen molar-refractivity contribution in [1.82, 2.24) is 4.98 Å². The summed E-state index contributed by atoms with van der Waals surface area (Å²) in [5.41, 5.74) is -0.397. The summed E-state index contributed by atoms with van der Waals surface area (Å²) in [5, 5.41) is 9.00. The molecule has 1 N–H and O–H groups in total. The molecule has 0 aliphatic carbocycles. The van der Waals surface area contributed by atoms with Crippen LogP contribution in [0.15, 0.2) is 42.6 Å². The zero-order valence-electron chi connectivity index (χ0n) is 15.4. The summed E-state index contributed by atoms with van der Waals surface area (Å²) in [6.45, 7) is -3.02. The lowest BCUT2D eigenvalue weighted by molar-refractivity contribution is -0.141. The van der Waals surface area contributed by atoms with Gasteiger partial charge in [0.25, 0.3) is 0 Å². The van der Waals surface area contributed by atoms with Crippen LogP contribution < -0.4 is 9.64 Å². The zero-order chi connectivity index (χ0) is 21.9. The smallest absolute Gasteiger partial charge is 0.433 e. The van der Waals surface area contributed by atoms with Gasteiger partial charge in [-0.2, -0.15) is 22.0 Å². The largest absolute Gasteiger partial charge is 0.487 e. The predicted molar refractivity (Wildman–Crippen MR) is 94.8 cm³/mol. The van der Waals surface area contributed by atoms with E-state index in [4.69, 9.17) is 9.84 Å². The number of carbonyl (C=O) groups is 1. The Morgan fingerprint density at radius 3 is 2.43 bits per heavy atom. The molecule has 162 valence electrons. The monoisotopic (exact) mass is 432 g/mol. The first-order chi connectivity index (χ1) is 14.1. The second-order valence-corrected chi connectivity index (χ2v) is 6.60. The highest BCUT2D eigenvalue weighted by Gasteiger charge is 2.35. The van der Waals surface area contributed by atoms with E-state index in [1.807, 2.05) is 0 Å². The number of nitrogens with zero attached hydrogens (tertiary/aromatic N) is 2. The maximum atomic E-state index is 12.6. The van der Waals surface area contributed by atoms with Gasteiger partial charge in [-0.05, 0) is 36.4 Å². The van der Waals surface area contributed by atoms with E-state index in [0.717, 1.165) is 18.3 Å². The third kappa shape index (κ3) is 5.35. The van der Waals surface area contributed by atoms with Gasteiger partial charge in [0.2, 0.25) is 0 Å².